The van der Waals surface area contributed by atoms with Gasteiger partial charge in [-0.1, -0.05) is 33.8 Å². The number of hydrogen-bond acceptors (Lipinski definition) is 4. The van der Waals surface area contributed by atoms with E-state index in [2.05, 4.69) is 32.7 Å². The number of nitrogens with one attached hydrogen (secondary N) is 1. The van der Waals surface area contributed by atoms with E-state index in [0.29, 0.717) is 6.61 Å². The van der Waals surface area contributed by atoms with Crippen molar-refractivity contribution in [3.05, 3.63) is 12.7 Å². The monoisotopic (exact) mass is 285 g/mol. The molecule has 0 unspecified atom stereocenters. The van der Waals surface area contributed by atoms with E-state index in [0.717, 1.165) is 31.8 Å². The molecule has 0 heterocycles. The van der Waals surface area contributed by atoms with Crippen LogP contribution in [0.5, 0.6) is 0 Å². The maximum Gasteiger partial charge on any atom is 0.407 e. The van der Waals surface area contributed by atoms with Gasteiger partial charge in [0.15, 0.2) is 0 Å². The van der Waals surface area contributed by atoms with Crippen LogP contribution in [0.3, 0.4) is 0 Å². The van der Waals surface area contributed by atoms with Crippen molar-refractivity contribution in [3.8, 4) is 0 Å². The first-order valence-corrected chi connectivity index (χ1v) is 7.23. The van der Waals surface area contributed by atoms with Crippen LogP contribution in [0, 0.1) is 5.41 Å². The van der Waals surface area contributed by atoms with E-state index >= 15 is 0 Å². The van der Waals surface area contributed by atoms with E-state index in [1.807, 2.05) is 0 Å². The predicted molar refractivity (Wildman–Crippen MR) is 78.4 cm³/mol. The zero-order valence-electron chi connectivity index (χ0n) is 12.9. The molecule has 0 aliphatic carbocycles. The largest absolute Gasteiger partial charge is 0.461 e. The first-order valence-electron chi connectivity index (χ1n) is 7.23. The van der Waals surface area contributed by atoms with Gasteiger partial charge in [-0.3, -0.25) is 0 Å². The van der Waals surface area contributed by atoms with Gasteiger partial charge < -0.3 is 14.8 Å². The molecule has 0 fully saturated rings. The molecule has 5 nitrogen and oxygen atoms in total. The molecule has 1 amide bonds. The third-order valence-electron chi connectivity index (χ3n) is 3.57. The number of amides is 1. The highest BCUT2D eigenvalue weighted by atomic mass is 16.6. The highest BCUT2D eigenvalue weighted by Gasteiger charge is 2.26. The Kier molecular flexibility index (Phi) is 9.51. The number of ether oxygens (including phenoxy) is 2. The van der Waals surface area contributed by atoms with E-state index in [-0.39, 0.29) is 18.6 Å². The Hall–Kier alpha value is -1.52. The van der Waals surface area contributed by atoms with Gasteiger partial charge in [-0.2, -0.15) is 0 Å². The van der Waals surface area contributed by atoms with Crippen molar-refractivity contribution in [2.45, 2.75) is 46.5 Å². The molecule has 0 saturated heterocycles. The van der Waals surface area contributed by atoms with Crippen LogP contribution >= 0.6 is 0 Å². The lowest BCUT2D eigenvalue weighted by Gasteiger charge is -2.30. The summed E-state index contributed by atoms with van der Waals surface area (Å²) in [5.74, 6) is -0.501. The van der Waals surface area contributed by atoms with Crippen LogP contribution in [0.25, 0.3) is 0 Å². The molecule has 0 saturated carbocycles. The van der Waals surface area contributed by atoms with Gasteiger partial charge in [0.2, 0.25) is 0 Å². The fourth-order valence-corrected chi connectivity index (χ4v) is 2.04. The molecule has 0 aliphatic heterocycles. The lowest BCUT2D eigenvalue weighted by atomic mass is 9.79. The Labute approximate surface area is 121 Å². The number of alkyl carbamates (subject to hydrolysis) is 1. The maximum atomic E-state index is 11.5. The minimum atomic E-state index is -0.501. The van der Waals surface area contributed by atoms with Gasteiger partial charge in [0.1, 0.15) is 6.61 Å². The molecule has 0 aromatic carbocycles. The van der Waals surface area contributed by atoms with Crippen molar-refractivity contribution in [1.82, 2.24) is 5.32 Å². The van der Waals surface area contributed by atoms with E-state index < -0.39 is 12.1 Å². The summed E-state index contributed by atoms with van der Waals surface area (Å²) in [5.41, 5.74) is 0.0708. The molecule has 5 heteroatoms. The van der Waals surface area contributed by atoms with Crippen LogP contribution in [-0.2, 0) is 14.3 Å². The lowest BCUT2D eigenvalue weighted by Crippen LogP contribution is -2.33. The normalized spacial score (nSPS) is 10.8. The Bertz CT molecular complexity index is 311. The molecule has 0 rings (SSSR count). The van der Waals surface area contributed by atoms with Crippen molar-refractivity contribution in [3.63, 3.8) is 0 Å². The molecule has 0 atom stereocenters. The molecule has 0 aliphatic rings. The summed E-state index contributed by atoms with van der Waals surface area (Å²) in [4.78, 5) is 22.3. The van der Waals surface area contributed by atoms with E-state index in [1.165, 1.54) is 0 Å². The Balaban J connectivity index is 3.96. The second kappa shape index (κ2) is 10.3. The first-order chi connectivity index (χ1) is 9.53. The second-order valence-electron chi connectivity index (χ2n) is 4.83. The highest BCUT2D eigenvalue weighted by molar-refractivity contribution is 5.81. The molecular weight excluding hydrogens is 258 g/mol. The van der Waals surface area contributed by atoms with Crippen LogP contribution in [0.4, 0.5) is 4.79 Å². The topological polar surface area (TPSA) is 64.6 Å². The van der Waals surface area contributed by atoms with Gasteiger partial charge in [0.05, 0.1) is 13.2 Å². The average molecular weight is 285 g/mol. The molecule has 116 valence electrons. The number of esters is 1. The fraction of sp³-hybridized carbons (Fsp3) is 0.733. The van der Waals surface area contributed by atoms with Gasteiger partial charge in [-0.05, 0) is 19.3 Å². The summed E-state index contributed by atoms with van der Waals surface area (Å²) in [6.07, 6.45) is 4.71. The lowest BCUT2D eigenvalue weighted by molar-refractivity contribution is -0.137. The molecule has 1 N–H and O–H groups in total. The minimum Gasteiger partial charge on any atom is -0.461 e. The van der Waals surface area contributed by atoms with E-state index in [1.54, 1.807) is 0 Å². The number of rotatable bonds is 10. The van der Waals surface area contributed by atoms with E-state index in [9.17, 15) is 9.59 Å². The van der Waals surface area contributed by atoms with Crippen molar-refractivity contribution in [2.75, 3.05) is 19.8 Å². The van der Waals surface area contributed by atoms with Crippen molar-refractivity contribution >= 4 is 12.1 Å². The van der Waals surface area contributed by atoms with Crippen molar-refractivity contribution < 1.29 is 19.1 Å². The number of hydrogen-bond donors (Lipinski definition) is 1. The molecule has 0 radical (unpaired) electrons. The van der Waals surface area contributed by atoms with Crippen molar-refractivity contribution in [2.24, 2.45) is 5.41 Å². The molecule has 0 aromatic rings. The summed E-state index contributed by atoms with van der Waals surface area (Å²) >= 11 is 0. The molecule has 0 bridgehead atoms. The smallest absolute Gasteiger partial charge is 0.407 e. The second-order valence-corrected chi connectivity index (χ2v) is 4.83. The average Bonchev–Trinajstić information content (AvgIpc) is 2.47. The van der Waals surface area contributed by atoms with Crippen molar-refractivity contribution in [1.29, 1.82) is 0 Å². The maximum absolute atomic E-state index is 11.5. The van der Waals surface area contributed by atoms with Gasteiger partial charge in [-0.15, -0.1) is 0 Å². The molecule has 0 aromatic heterocycles. The molecule has 20 heavy (non-hydrogen) atoms. The number of carbonyl (C=O) groups is 2. The summed E-state index contributed by atoms with van der Waals surface area (Å²) in [5, 5.41) is 2.55. The summed E-state index contributed by atoms with van der Waals surface area (Å²) in [6.45, 7) is 10.4. The third kappa shape index (κ3) is 7.16. The predicted octanol–water partition coefficient (Wildman–Crippen LogP) is 3.05. The Morgan fingerprint density at radius 1 is 1.20 bits per heavy atom. The van der Waals surface area contributed by atoms with Crippen LogP contribution in [0.2, 0.25) is 0 Å². The fourth-order valence-electron chi connectivity index (χ4n) is 2.04. The molecular formula is C15H27NO4. The van der Waals surface area contributed by atoms with Crippen LogP contribution < -0.4 is 5.32 Å². The molecule has 0 spiro atoms. The minimum absolute atomic E-state index is 0.0708. The summed E-state index contributed by atoms with van der Waals surface area (Å²) < 4.78 is 10.0. The summed E-state index contributed by atoms with van der Waals surface area (Å²) in [7, 11) is 0. The number of carbonyl (C=O) groups excluding carboxylic acids is 2. The Morgan fingerprint density at radius 2 is 1.85 bits per heavy atom. The zero-order chi connectivity index (χ0) is 15.4. The van der Waals surface area contributed by atoms with Crippen LogP contribution in [-0.4, -0.2) is 31.8 Å². The third-order valence-corrected chi connectivity index (χ3v) is 3.57. The van der Waals surface area contributed by atoms with Crippen LogP contribution in [0.1, 0.15) is 46.5 Å². The van der Waals surface area contributed by atoms with Gasteiger partial charge in [0.25, 0.3) is 0 Å². The standard InChI is InChI=1S/C15H27NO4/c1-5-9-15(7-3,8-4)12-20-14(18)16-10-11-19-13(17)6-2/h6H,2,5,7-12H2,1,3-4H3,(H,16,18). The van der Waals surface area contributed by atoms with E-state index in [4.69, 9.17) is 9.47 Å². The van der Waals surface area contributed by atoms with Gasteiger partial charge in [-0.25, -0.2) is 9.59 Å². The van der Waals surface area contributed by atoms with Crippen LogP contribution in [0.15, 0.2) is 12.7 Å². The highest BCUT2D eigenvalue weighted by Crippen LogP contribution is 2.32. The summed E-state index contributed by atoms with van der Waals surface area (Å²) in [6, 6.07) is 0. The first kappa shape index (κ1) is 18.5. The van der Waals surface area contributed by atoms with Gasteiger partial charge in [0, 0.05) is 11.5 Å². The SMILES string of the molecule is C=CC(=O)OCCNC(=O)OCC(CC)(CC)CCC. The van der Waals surface area contributed by atoms with Gasteiger partial charge >= 0.3 is 12.1 Å². The zero-order valence-corrected chi connectivity index (χ0v) is 12.9. The Morgan fingerprint density at radius 3 is 2.35 bits per heavy atom. The quantitative estimate of drug-likeness (QED) is 0.380.